The maximum atomic E-state index is 12.7. The van der Waals surface area contributed by atoms with E-state index in [1.807, 2.05) is 12.2 Å². The monoisotopic (exact) mass is 987 g/mol. The van der Waals surface area contributed by atoms with E-state index in [2.05, 4.69) is 53.5 Å². The number of carbonyl (C=O) groups excluding carboxylic acids is 3. The van der Waals surface area contributed by atoms with E-state index in [4.69, 9.17) is 19.5 Å². The molecule has 0 aromatic carbocycles. The molecule has 1 aliphatic rings. The average molecular weight is 988 g/mol. The number of nitrogens with two attached hydrogens (primary N) is 1. The summed E-state index contributed by atoms with van der Waals surface area (Å²) in [6.45, 7) is 2.43. The van der Waals surface area contributed by atoms with Gasteiger partial charge in [-0.1, -0.05) is 75.4 Å². The topological polar surface area (TPSA) is 384 Å². The molecule has 64 heavy (non-hydrogen) atoms. The van der Waals surface area contributed by atoms with Crippen molar-refractivity contribution in [1.82, 2.24) is 30.2 Å². The van der Waals surface area contributed by atoms with Gasteiger partial charge < -0.3 is 56.0 Å². The third kappa shape index (κ3) is 18.9. The summed E-state index contributed by atoms with van der Waals surface area (Å²) in [6.07, 6.45) is 7.04. The Balaban J connectivity index is 1.39. The van der Waals surface area contributed by atoms with Gasteiger partial charge in [0.2, 0.25) is 11.8 Å². The maximum Gasteiger partial charge on any atom is 0.481 e. The van der Waals surface area contributed by atoms with Gasteiger partial charge in [-0.2, -0.15) is 4.31 Å². The van der Waals surface area contributed by atoms with Crippen molar-refractivity contribution in [3.05, 3.63) is 49.1 Å². The van der Waals surface area contributed by atoms with Crippen LogP contribution < -0.4 is 16.4 Å². The van der Waals surface area contributed by atoms with Crippen molar-refractivity contribution in [3.8, 4) is 0 Å². The van der Waals surface area contributed by atoms with Crippen molar-refractivity contribution >= 4 is 69.1 Å². The predicted molar refractivity (Wildman–Crippen MR) is 229 cm³/mol. The quantitative estimate of drug-likeness (QED) is 0.0329. The van der Waals surface area contributed by atoms with Crippen molar-refractivity contribution in [2.24, 2.45) is 5.41 Å². The molecule has 2 aromatic heterocycles. The van der Waals surface area contributed by atoms with Gasteiger partial charge in [-0.25, -0.2) is 28.6 Å². The molecule has 0 saturated carbocycles. The number of aliphatic hydroxyl groups is 3. The second kappa shape index (κ2) is 25.6. The van der Waals surface area contributed by atoms with Crippen LogP contribution >= 0.6 is 35.2 Å². The summed E-state index contributed by atoms with van der Waals surface area (Å²) in [4.78, 5) is 88.1. The van der Waals surface area contributed by atoms with Crippen molar-refractivity contribution in [2.45, 2.75) is 96.0 Å². The fourth-order valence-corrected chi connectivity index (χ4v) is 9.11. The molecule has 1 fully saturated rings. The molecule has 2 amide bonds. The first-order valence-electron chi connectivity index (χ1n) is 19.6. The Bertz CT molecular complexity index is 2100. The minimum Gasteiger partial charge on any atom is -0.389 e. The molecule has 0 radical (unpaired) electrons. The lowest BCUT2D eigenvalue weighted by atomic mass is 9.87. The third-order valence-electron chi connectivity index (χ3n) is 8.83. The molecule has 0 bridgehead atoms. The summed E-state index contributed by atoms with van der Waals surface area (Å²) >= 11 is 0.940. The number of carbonyl (C=O) groups is 3. The van der Waals surface area contributed by atoms with Gasteiger partial charge in [-0.15, -0.1) is 0 Å². The normalized spacial score (nSPS) is 21.3. The van der Waals surface area contributed by atoms with E-state index in [1.165, 1.54) is 13.8 Å². The Kier molecular flexibility index (Phi) is 22.0. The number of hydrogen-bond donors (Lipinski definition) is 10. The lowest BCUT2D eigenvalue weighted by Crippen LogP contribution is -2.46. The summed E-state index contributed by atoms with van der Waals surface area (Å²) in [6, 6.07) is 0. The number of aromatic nitrogens is 4. The van der Waals surface area contributed by atoms with Crippen LogP contribution in [0, 0.1) is 5.41 Å². The van der Waals surface area contributed by atoms with Crippen LogP contribution in [0.1, 0.15) is 65.5 Å². The first-order valence-corrected chi connectivity index (χ1v) is 25.1. The van der Waals surface area contributed by atoms with Gasteiger partial charge in [0.15, 0.2) is 22.8 Å². The van der Waals surface area contributed by atoms with Crippen LogP contribution in [0.4, 0.5) is 5.82 Å². The zero-order chi connectivity index (χ0) is 47.7. The van der Waals surface area contributed by atoms with Crippen molar-refractivity contribution in [1.29, 1.82) is 0 Å². The highest BCUT2D eigenvalue weighted by Gasteiger charge is 2.50. The van der Waals surface area contributed by atoms with Gasteiger partial charge in [0.05, 0.1) is 25.6 Å². The molecule has 8 unspecified atom stereocenters. The fourth-order valence-electron chi connectivity index (χ4n) is 5.56. The molecule has 1 aliphatic heterocycles. The molecule has 3 heterocycles. The smallest absolute Gasteiger partial charge is 0.389 e. The van der Waals surface area contributed by atoms with E-state index in [-0.39, 0.29) is 53.8 Å². The SMILES string of the molecule is CCC/C=C/C/C=C/C/C=C/C(O)CC(=O)SCCNC(=O)CCNC(=O)C(O)C(C)(C)COP(=O)(O)OP(=O)(O)OCC1OC(n2cnc3c(N)ncnc32)C(O)C1OP(=O)(O)O. The highest BCUT2D eigenvalue weighted by atomic mass is 32.2. The molecule has 8 atom stereocenters. The van der Waals surface area contributed by atoms with Gasteiger partial charge >= 0.3 is 23.5 Å². The number of nitrogens with zero attached hydrogens (tertiary/aromatic N) is 4. The number of allylic oxidation sites excluding steroid dienone is 5. The summed E-state index contributed by atoms with van der Waals surface area (Å²) in [5, 5.41) is 36.2. The number of hydrogen-bond acceptors (Lipinski definition) is 19. The van der Waals surface area contributed by atoms with Crippen LogP contribution in [0.15, 0.2) is 49.1 Å². The molecule has 29 heteroatoms. The number of phosphoric ester groups is 3. The highest BCUT2D eigenvalue weighted by Crippen LogP contribution is 2.61. The zero-order valence-corrected chi connectivity index (χ0v) is 38.6. The second-order valence-corrected chi connectivity index (χ2v) is 20.1. The number of imidazole rings is 1. The Morgan fingerprint density at radius 1 is 0.984 bits per heavy atom. The third-order valence-corrected chi connectivity index (χ3v) is 12.8. The number of nitrogens with one attached hydrogen (secondary N) is 2. The number of fused-ring (bicyclic) bond motifs is 1. The van der Waals surface area contributed by atoms with Crippen molar-refractivity contribution in [2.75, 3.05) is 37.8 Å². The van der Waals surface area contributed by atoms with E-state index in [9.17, 15) is 63.0 Å². The number of thioether (sulfide) groups is 1. The van der Waals surface area contributed by atoms with E-state index < -0.39 is 90.7 Å². The minimum atomic E-state index is -5.59. The number of rotatable bonds is 28. The summed E-state index contributed by atoms with van der Waals surface area (Å²) in [7, 11) is -16.4. The average Bonchev–Trinajstić information content (AvgIpc) is 3.76. The standard InChI is InChI=1S/C35H56N7O18P3S/c1-4-5-6-7-8-9-10-11-12-13-23(43)18-26(45)64-17-16-37-25(44)14-15-38-33(48)30(47)35(2,3)20-57-63(54,55)60-62(52,53)56-19-24-29(59-61(49,50)51)28(46)34(58-24)42-22-41-27-31(36)39-21-40-32(27)42/h6-7,9-10,12-13,21-24,28-30,34,43,46-47H,4-5,8,11,14-20H2,1-3H3,(H,37,44)(H,38,48)(H,52,53)(H,54,55)(H2,36,39,40)(H2,49,50,51)/b7-6+,10-9+,13-12+. The number of aliphatic hydroxyl groups excluding tert-OH is 3. The number of nitrogen functional groups attached to an aromatic ring is 1. The van der Waals surface area contributed by atoms with Crippen LogP contribution in [-0.4, -0.2) is 134 Å². The van der Waals surface area contributed by atoms with Crippen LogP contribution in [0.5, 0.6) is 0 Å². The molecule has 1 saturated heterocycles. The Labute approximate surface area is 372 Å². The van der Waals surface area contributed by atoms with Crippen LogP contribution in [0.25, 0.3) is 11.2 Å². The number of ether oxygens (including phenoxy) is 1. The van der Waals surface area contributed by atoms with Gasteiger partial charge in [0.25, 0.3) is 0 Å². The minimum absolute atomic E-state index is 0.0245. The molecular weight excluding hydrogens is 931 g/mol. The molecule has 0 spiro atoms. The second-order valence-electron chi connectivity index (χ2n) is 14.7. The van der Waals surface area contributed by atoms with E-state index in [0.29, 0.717) is 6.42 Å². The van der Waals surface area contributed by atoms with Crippen LogP contribution in [0.3, 0.4) is 0 Å². The van der Waals surface area contributed by atoms with E-state index in [0.717, 1.165) is 48.2 Å². The molecule has 25 nitrogen and oxygen atoms in total. The van der Waals surface area contributed by atoms with Gasteiger partial charge in [0.1, 0.15) is 36.3 Å². The Morgan fingerprint density at radius 2 is 1.66 bits per heavy atom. The molecule has 3 rings (SSSR count). The molecule has 2 aromatic rings. The van der Waals surface area contributed by atoms with Crippen molar-refractivity contribution in [3.63, 3.8) is 0 Å². The molecule has 0 aliphatic carbocycles. The Hall–Kier alpha value is -3.26. The fraction of sp³-hybridized carbons (Fsp3) is 0.600. The number of phosphoric acid groups is 3. The zero-order valence-electron chi connectivity index (χ0n) is 35.1. The van der Waals surface area contributed by atoms with Gasteiger partial charge in [-0.05, 0) is 19.3 Å². The number of amides is 2. The molecular formula is C35H56N7O18P3S. The Morgan fingerprint density at radius 3 is 2.34 bits per heavy atom. The lowest BCUT2D eigenvalue weighted by molar-refractivity contribution is -0.137. The summed E-state index contributed by atoms with van der Waals surface area (Å²) in [5.74, 6) is -1.30. The first kappa shape index (κ1) is 55.1. The number of anilines is 1. The van der Waals surface area contributed by atoms with E-state index in [1.54, 1.807) is 12.2 Å². The predicted octanol–water partition coefficient (Wildman–Crippen LogP) is 1.66. The number of unbranched alkanes of at least 4 members (excludes halogenated alkanes) is 1. The summed E-state index contributed by atoms with van der Waals surface area (Å²) in [5.41, 5.74) is 4.23. The van der Waals surface area contributed by atoms with Gasteiger partial charge in [0, 0.05) is 37.1 Å². The molecule has 360 valence electrons. The van der Waals surface area contributed by atoms with E-state index >= 15 is 0 Å². The lowest BCUT2D eigenvalue weighted by Gasteiger charge is -2.30. The highest BCUT2D eigenvalue weighted by molar-refractivity contribution is 8.13. The first-order chi connectivity index (χ1) is 29.9. The van der Waals surface area contributed by atoms with Crippen LogP contribution in [0.2, 0.25) is 0 Å². The summed E-state index contributed by atoms with van der Waals surface area (Å²) < 4.78 is 62.3. The maximum absolute atomic E-state index is 12.7. The van der Waals surface area contributed by atoms with Gasteiger partial charge in [-0.3, -0.25) is 32.5 Å². The largest absolute Gasteiger partial charge is 0.481 e. The van der Waals surface area contributed by atoms with Crippen LogP contribution in [-0.2, 0) is 50.7 Å². The molecule has 11 N–H and O–H groups in total. The van der Waals surface area contributed by atoms with Crippen molar-refractivity contribution < 1.29 is 85.6 Å².